The number of hydrogen-bond donors (Lipinski definition) is 2. The smallest absolute Gasteiger partial charge is 0.0724 e. The van der Waals surface area contributed by atoms with E-state index in [-0.39, 0.29) is 4.75 Å². The minimum atomic E-state index is 0.191. The lowest BCUT2D eigenvalue weighted by Crippen LogP contribution is -2.26. The van der Waals surface area contributed by atoms with Crippen LogP contribution >= 0.6 is 11.8 Å². The highest BCUT2D eigenvalue weighted by atomic mass is 32.2. The van der Waals surface area contributed by atoms with Crippen LogP contribution in [0.3, 0.4) is 0 Å². The van der Waals surface area contributed by atoms with Crippen molar-refractivity contribution in [3.63, 3.8) is 0 Å². The van der Waals surface area contributed by atoms with Gasteiger partial charge in [0, 0.05) is 22.9 Å². The molecule has 1 aromatic carbocycles. The molecule has 0 aliphatic heterocycles. The van der Waals surface area contributed by atoms with E-state index in [9.17, 15) is 0 Å². The third-order valence-corrected chi connectivity index (χ3v) is 4.33. The van der Waals surface area contributed by atoms with Gasteiger partial charge in [-0.05, 0) is 44.4 Å². The highest BCUT2D eigenvalue weighted by molar-refractivity contribution is 7.99. The number of rotatable bonds is 4. The number of fused-ring (bicyclic) bond motifs is 1. The van der Waals surface area contributed by atoms with Gasteiger partial charge >= 0.3 is 0 Å². The summed E-state index contributed by atoms with van der Waals surface area (Å²) in [5, 5.41) is 4.43. The quantitative estimate of drug-likeness (QED) is 0.829. The van der Waals surface area contributed by atoms with Crippen molar-refractivity contribution in [1.82, 2.24) is 4.98 Å². The Morgan fingerprint density at radius 2 is 2.11 bits per heavy atom. The van der Waals surface area contributed by atoms with Crippen LogP contribution in [0.4, 0.5) is 11.4 Å². The highest BCUT2D eigenvalue weighted by Gasteiger charge is 2.16. The number of nitrogen functional groups attached to an aromatic ring is 1. The maximum Gasteiger partial charge on any atom is 0.0724 e. The lowest BCUT2D eigenvalue weighted by Gasteiger charge is -2.23. The van der Waals surface area contributed by atoms with E-state index in [1.807, 2.05) is 36.0 Å². The van der Waals surface area contributed by atoms with Gasteiger partial charge in [-0.3, -0.25) is 4.98 Å². The zero-order chi connectivity index (χ0) is 13.2. The Kier molecular flexibility index (Phi) is 3.66. The first kappa shape index (κ1) is 13.0. The molecule has 0 bridgehead atoms. The SMILES string of the molecule is CSC(C)(C)CNc1ccc2ncccc2c1N. The Hall–Kier alpha value is -1.42. The second-order valence-electron chi connectivity index (χ2n) is 4.91. The molecule has 4 heteroatoms. The molecule has 1 aromatic heterocycles. The third kappa shape index (κ3) is 2.70. The first-order chi connectivity index (χ1) is 8.53. The minimum absolute atomic E-state index is 0.191. The molecule has 0 spiro atoms. The van der Waals surface area contributed by atoms with Crippen LogP contribution in [0.1, 0.15) is 13.8 Å². The van der Waals surface area contributed by atoms with Gasteiger partial charge in [-0.2, -0.15) is 11.8 Å². The first-order valence-corrected chi connectivity index (χ1v) is 7.18. The molecule has 3 N–H and O–H groups in total. The first-order valence-electron chi connectivity index (χ1n) is 5.96. The number of nitrogens with one attached hydrogen (secondary N) is 1. The van der Waals surface area contributed by atoms with Crippen LogP contribution in [-0.2, 0) is 0 Å². The van der Waals surface area contributed by atoms with Gasteiger partial charge in [0.25, 0.3) is 0 Å². The molecule has 0 unspecified atom stereocenters. The van der Waals surface area contributed by atoms with E-state index in [0.717, 1.165) is 28.8 Å². The number of pyridine rings is 1. The fraction of sp³-hybridized carbons (Fsp3) is 0.357. The Labute approximate surface area is 112 Å². The van der Waals surface area contributed by atoms with Crippen LogP contribution < -0.4 is 11.1 Å². The monoisotopic (exact) mass is 261 g/mol. The van der Waals surface area contributed by atoms with Crippen molar-refractivity contribution in [3.05, 3.63) is 30.5 Å². The summed E-state index contributed by atoms with van der Waals surface area (Å²) >= 11 is 1.84. The molecule has 2 rings (SSSR count). The summed E-state index contributed by atoms with van der Waals surface area (Å²) in [6.07, 6.45) is 3.90. The van der Waals surface area contributed by atoms with E-state index in [0.29, 0.717) is 0 Å². The van der Waals surface area contributed by atoms with Crippen molar-refractivity contribution in [2.45, 2.75) is 18.6 Å². The highest BCUT2D eigenvalue weighted by Crippen LogP contribution is 2.29. The number of thioether (sulfide) groups is 1. The van der Waals surface area contributed by atoms with E-state index in [1.165, 1.54) is 0 Å². The lowest BCUT2D eigenvalue weighted by molar-refractivity contribution is 0.753. The fourth-order valence-electron chi connectivity index (χ4n) is 1.71. The number of nitrogens with zero attached hydrogens (tertiary/aromatic N) is 1. The van der Waals surface area contributed by atoms with E-state index in [2.05, 4.69) is 30.4 Å². The third-order valence-electron chi connectivity index (χ3n) is 3.08. The fourth-order valence-corrected chi connectivity index (χ4v) is 1.93. The average molecular weight is 261 g/mol. The topological polar surface area (TPSA) is 50.9 Å². The Morgan fingerprint density at radius 1 is 1.33 bits per heavy atom. The normalized spacial score (nSPS) is 11.7. The Morgan fingerprint density at radius 3 is 2.83 bits per heavy atom. The van der Waals surface area contributed by atoms with Gasteiger partial charge in [-0.25, -0.2) is 0 Å². The summed E-state index contributed by atoms with van der Waals surface area (Å²) in [6.45, 7) is 5.30. The maximum atomic E-state index is 6.18. The molecule has 0 aliphatic carbocycles. The van der Waals surface area contributed by atoms with Crippen LogP contribution in [0, 0.1) is 0 Å². The molecule has 18 heavy (non-hydrogen) atoms. The van der Waals surface area contributed by atoms with Gasteiger partial charge < -0.3 is 11.1 Å². The van der Waals surface area contributed by atoms with Crippen molar-refractivity contribution in [3.8, 4) is 0 Å². The molecule has 0 aliphatic rings. The molecular formula is C14H19N3S. The zero-order valence-corrected chi connectivity index (χ0v) is 11.8. The van der Waals surface area contributed by atoms with Gasteiger partial charge in [0.2, 0.25) is 0 Å². The molecule has 96 valence electrons. The van der Waals surface area contributed by atoms with Crippen molar-refractivity contribution in [1.29, 1.82) is 0 Å². The summed E-state index contributed by atoms with van der Waals surface area (Å²) in [7, 11) is 0. The van der Waals surface area contributed by atoms with Crippen LogP contribution in [0.2, 0.25) is 0 Å². The predicted molar refractivity (Wildman–Crippen MR) is 82.2 cm³/mol. The van der Waals surface area contributed by atoms with Gasteiger partial charge in [0.15, 0.2) is 0 Å². The largest absolute Gasteiger partial charge is 0.397 e. The molecule has 0 radical (unpaired) electrons. The lowest BCUT2D eigenvalue weighted by atomic mass is 10.1. The number of benzene rings is 1. The molecular weight excluding hydrogens is 242 g/mol. The molecule has 0 saturated carbocycles. The summed E-state index contributed by atoms with van der Waals surface area (Å²) < 4.78 is 0.191. The predicted octanol–water partition coefficient (Wildman–Crippen LogP) is 3.37. The standard InChI is InChI=1S/C14H19N3S/c1-14(2,18-3)9-17-12-7-6-11-10(13(12)15)5-4-8-16-11/h4-8,17H,9,15H2,1-3H3. The van der Waals surface area contributed by atoms with Crippen LogP contribution in [0.5, 0.6) is 0 Å². The molecule has 0 amide bonds. The van der Waals surface area contributed by atoms with Gasteiger partial charge in [0.05, 0.1) is 16.9 Å². The van der Waals surface area contributed by atoms with Crippen molar-refractivity contribution < 1.29 is 0 Å². The van der Waals surface area contributed by atoms with E-state index in [1.54, 1.807) is 6.20 Å². The second-order valence-corrected chi connectivity index (χ2v) is 6.43. The summed E-state index contributed by atoms with van der Waals surface area (Å²) in [4.78, 5) is 4.30. The van der Waals surface area contributed by atoms with Crippen molar-refractivity contribution in [2.24, 2.45) is 0 Å². The Bertz CT molecular complexity index is 552. The van der Waals surface area contributed by atoms with Crippen LogP contribution in [0.25, 0.3) is 10.9 Å². The molecule has 0 saturated heterocycles. The molecule has 3 nitrogen and oxygen atoms in total. The van der Waals surface area contributed by atoms with Crippen molar-refractivity contribution in [2.75, 3.05) is 23.9 Å². The molecule has 0 fully saturated rings. The zero-order valence-electron chi connectivity index (χ0n) is 11.0. The second kappa shape index (κ2) is 5.06. The van der Waals surface area contributed by atoms with E-state index in [4.69, 9.17) is 5.73 Å². The summed E-state index contributed by atoms with van der Waals surface area (Å²) in [5.41, 5.74) is 8.87. The molecule has 0 atom stereocenters. The average Bonchev–Trinajstić information content (AvgIpc) is 2.38. The number of hydrogen-bond acceptors (Lipinski definition) is 4. The number of anilines is 2. The van der Waals surface area contributed by atoms with Gasteiger partial charge in [0.1, 0.15) is 0 Å². The van der Waals surface area contributed by atoms with E-state index < -0.39 is 0 Å². The van der Waals surface area contributed by atoms with E-state index >= 15 is 0 Å². The van der Waals surface area contributed by atoms with Gasteiger partial charge in [-0.15, -0.1) is 0 Å². The molecule has 2 aromatic rings. The maximum absolute atomic E-state index is 6.18. The van der Waals surface area contributed by atoms with Crippen molar-refractivity contribution >= 4 is 34.0 Å². The Balaban J connectivity index is 2.27. The number of aromatic nitrogens is 1. The molecule has 1 heterocycles. The minimum Gasteiger partial charge on any atom is -0.397 e. The summed E-state index contributed by atoms with van der Waals surface area (Å²) in [6, 6.07) is 7.91. The van der Waals surface area contributed by atoms with Crippen LogP contribution in [-0.4, -0.2) is 22.5 Å². The van der Waals surface area contributed by atoms with Gasteiger partial charge in [-0.1, -0.05) is 0 Å². The number of nitrogens with two attached hydrogens (primary N) is 1. The van der Waals surface area contributed by atoms with Crippen LogP contribution in [0.15, 0.2) is 30.5 Å². The summed E-state index contributed by atoms with van der Waals surface area (Å²) in [5.74, 6) is 0.